The van der Waals surface area contributed by atoms with Crippen LogP contribution in [0.15, 0.2) is 42.7 Å². The zero-order valence-corrected chi connectivity index (χ0v) is 12.9. The quantitative estimate of drug-likeness (QED) is 0.744. The maximum Gasteiger partial charge on any atom is 0.131 e. The molecule has 0 bridgehead atoms. The van der Waals surface area contributed by atoms with Crippen LogP contribution in [0.4, 0.5) is 4.39 Å². The summed E-state index contributed by atoms with van der Waals surface area (Å²) < 4.78 is 16.8. The molecule has 0 N–H and O–H groups in total. The molecule has 0 saturated heterocycles. The first-order chi connectivity index (χ1) is 10.5. The summed E-state index contributed by atoms with van der Waals surface area (Å²) in [6.07, 6.45) is 4.45. The molecular formula is C16H18FN5. The molecule has 114 valence electrons. The van der Waals surface area contributed by atoms with E-state index in [-0.39, 0.29) is 11.4 Å². The molecule has 1 atom stereocenters. The Balaban J connectivity index is 2.02. The van der Waals surface area contributed by atoms with Gasteiger partial charge in [-0.15, -0.1) is 5.10 Å². The highest BCUT2D eigenvalue weighted by Gasteiger charge is 2.28. The monoisotopic (exact) mass is 299 g/mol. The second kappa shape index (κ2) is 5.36. The molecule has 5 nitrogen and oxygen atoms in total. The summed E-state index contributed by atoms with van der Waals surface area (Å²) in [7, 11) is 1.87. The maximum absolute atomic E-state index is 13.2. The van der Waals surface area contributed by atoms with E-state index in [1.54, 1.807) is 23.0 Å². The third kappa shape index (κ3) is 2.30. The van der Waals surface area contributed by atoms with Gasteiger partial charge in [-0.1, -0.05) is 24.3 Å². The Morgan fingerprint density at radius 2 is 1.91 bits per heavy atom. The van der Waals surface area contributed by atoms with Crippen molar-refractivity contribution in [3.05, 3.63) is 54.1 Å². The molecule has 0 radical (unpaired) electrons. The van der Waals surface area contributed by atoms with E-state index in [2.05, 4.69) is 29.3 Å². The molecular weight excluding hydrogens is 281 g/mol. The van der Waals surface area contributed by atoms with Crippen molar-refractivity contribution < 1.29 is 4.39 Å². The van der Waals surface area contributed by atoms with Crippen LogP contribution in [0, 0.1) is 5.82 Å². The van der Waals surface area contributed by atoms with Crippen LogP contribution in [0.25, 0.3) is 11.4 Å². The van der Waals surface area contributed by atoms with Crippen LogP contribution >= 0.6 is 0 Å². The second-order valence-electron chi connectivity index (χ2n) is 5.52. The topological polar surface area (TPSA) is 48.5 Å². The van der Waals surface area contributed by atoms with Crippen molar-refractivity contribution in [2.75, 3.05) is 0 Å². The van der Waals surface area contributed by atoms with E-state index >= 15 is 0 Å². The van der Waals surface area contributed by atoms with Crippen molar-refractivity contribution in [3.8, 4) is 11.4 Å². The van der Waals surface area contributed by atoms with Crippen LogP contribution in [0.5, 0.6) is 0 Å². The number of hydrogen-bond acceptors (Lipinski definition) is 3. The minimum absolute atomic E-state index is 0.239. The van der Waals surface area contributed by atoms with Crippen LogP contribution in [0.2, 0.25) is 0 Å². The fourth-order valence-corrected chi connectivity index (χ4v) is 2.55. The first-order valence-electron chi connectivity index (χ1n) is 7.22. The molecule has 3 aromatic rings. The number of aryl methyl sites for hydroxylation is 1. The van der Waals surface area contributed by atoms with Gasteiger partial charge in [-0.3, -0.25) is 4.68 Å². The lowest BCUT2D eigenvalue weighted by atomic mass is 9.89. The minimum atomic E-state index is -0.377. The minimum Gasteiger partial charge on any atom is -0.266 e. The van der Waals surface area contributed by atoms with Crippen LogP contribution in [-0.4, -0.2) is 24.8 Å². The highest BCUT2D eigenvalue weighted by Crippen LogP contribution is 2.30. The fraction of sp³-hybridized carbons (Fsp3) is 0.312. The molecule has 0 aliphatic heterocycles. The van der Waals surface area contributed by atoms with Crippen LogP contribution < -0.4 is 0 Å². The normalized spacial score (nSPS) is 14.0. The molecule has 0 saturated carbocycles. The molecule has 0 aliphatic carbocycles. The van der Waals surface area contributed by atoms with E-state index in [0.29, 0.717) is 0 Å². The summed E-state index contributed by atoms with van der Waals surface area (Å²) in [5, 5.41) is 12.7. The average Bonchev–Trinajstić information content (AvgIpc) is 3.16. The summed E-state index contributed by atoms with van der Waals surface area (Å²) in [6.45, 7) is 4.15. The highest BCUT2D eigenvalue weighted by atomic mass is 19.1. The average molecular weight is 299 g/mol. The van der Waals surface area contributed by atoms with Gasteiger partial charge < -0.3 is 0 Å². The fourth-order valence-electron chi connectivity index (χ4n) is 2.55. The van der Waals surface area contributed by atoms with Crippen LogP contribution in [-0.2, 0) is 12.6 Å². The van der Waals surface area contributed by atoms with Gasteiger partial charge in [0.1, 0.15) is 11.5 Å². The predicted octanol–water partition coefficient (Wildman–Crippen LogP) is 2.99. The second-order valence-corrected chi connectivity index (χ2v) is 5.52. The van der Waals surface area contributed by atoms with E-state index < -0.39 is 0 Å². The number of nitrogens with zero attached hydrogens (tertiary/aromatic N) is 5. The van der Waals surface area contributed by atoms with E-state index in [4.69, 9.17) is 0 Å². The smallest absolute Gasteiger partial charge is 0.131 e. The molecule has 3 rings (SSSR count). The SMILES string of the molecule is CCC(C)(c1ccc(F)cc1)n1cc(-c2ccnn2C)nn1. The van der Waals surface area contributed by atoms with Gasteiger partial charge >= 0.3 is 0 Å². The van der Waals surface area contributed by atoms with Crippen LogP contribution in [0.1, 0.15) is 25.8 Å². The van der Waals surface area contributed by atoms with Crippen molar-refractivity contribution in [2.45, 2.75) is 25.8 Å². The Hall–Kier alpha value is -2.50. The Morgan fingerprint density at radius 3 is 2.50 bits per heavy atom. The lowest BCUT2D eigenvalue weighted by molar-refractivity contribution is 0.333. The highest BCUT2D eigenvalue weighted by molar-refractivity contribution is 5.52. The largest absolute Gasteiger partial charge is 0.266 e. The van der Waals surface area contributed by atoms with Gasteiger partial charge in [-0.2, -0.15) is 5.10 Å². The number of hydrogen-bond donors (Lipinski definition) is 0. The molecule has 6 heteroatoms. The van der Waals surface area contributed by atoms with Crippen molar-refractivity contribution in [1.82, 2.24) is 24.8 Å². The van der Waals surface area contributed by atoms with Gasteiger partial charge in [0, 0.05) is 13.2 Å². The Kier molecular flexibility index (Phi) is 3.52. The molecule has 2 aromatic heterocycles. The molecule has 0 fully saturated rings. The first kappa shape index (κ1) is 14.4. The molecule has 1 aromatic carbocycles. The van der Waals surface area contributed by atoms with E-state index in [1.165, 1.54) is 12.1 Å². The molecule has 2 heterocycles. The first-order valence-corrected chi connectivity index (χ1v) is 7.22. The van der Waals surface area contributed by atoms with Gasteiger partial charge in [0.05, 0.1) is 17.4 Å². The van der Waals surface area contributed by atoms with E-state index in [1.807, 2.05) is 24.0 Å². The van der Waals surface area contributed by atoms with Gasteiger partial charge in [0.15, 0.2) is 0 Å². The van der Waals surface area contributed by atoms with Crippen LogP contribution in [0.3, 0.4) is 0 Å². The Morgan fingerprint density at radius 1 is 1.18 bits per heavy atom. The van der Waals surface area contributed by atoms with Crippen molar-refractivity contribution in [3.63, 3.8) is 0 Å². The number of aromatic nitrogens is 5. The summed E-state index contributed by atoms with van der Waals surface area (Å²) in [5.41, 5.74) is 2.29. The lowest BCUT2D eigenvalue weighted by Gasteiger charge is -2.28. The molecule has 0 amide bonds. The maximum atomic E-state index is 13.2. The third-order valence-corrected chi connectivity index (χ3v) is 4.24. The van der Waals surface area contributed by atoms with Crippen molar-refractivity contribution in [1.29, 1.82) is 0 Å². The zero-order chi connectivity index (χ0) is 15.7. The molecule has 0 aliphatic rings. The lowest BCUT2D eigenvalue weighted by Crippen LogP contribution is -2.31. The molecule has 0 spiro atoms. The number of benzene rings is 1. The van der Waals surface area contributed by atoms with E-state index in [0.717, 1.165) is 23.4 Å². The summed E-state index contributed by atoms with van der Waals surface area (Å²) in [6, 6.07) is 8.44. The molecule has 1 unspecified atom stereocenters. The van der Waals surface area contributed by atoms with E-state index in [9.17, 15) is 4.39 Å². The molecule has 22 heavy (non-hydrogen) atoms. The predicted molar refractivity (Wildman–Crippen MR) is 81.7 cm³/mol. The number of rotatable bonds is 4. The summed E-state index contributed by atoms with van der Waals surface area (Å²) in [5.74, 6) is -0.239. The third-order valence-electron chi connectivity index (χ3n) is 4.24. The number of halogens is 1. The standard InChI is InChI=1S/C16H18FN5/c1-4-16(2,12-5-7-13(17)8-6-12)22-11-14(19-20-22)15-9-10-18-21(15)3/h5-11H,4H2,1-3H3. The van der Waals surface area contributed by atoms with Gasteiger partial charge in [0.2, 0.25) is 0 Å². The zero-order valence-electron chi connectivity index (χ0n) is 12.9. The van der Waals surface area contributed by atoms with Crippen molar-refractivity contribution >= 4 is 0 Å². The van der Waals surface area contributed by atoms with Crippen molar-refractivity contribution in [2.24, 2.45) is 7.05 Å². The summed E-state index contributed by atoms with van der Waals surface area (Å²) >= 11 is 0. The van der Waals surface area contributed by atoms with Gasteiger partial charge in [0.25, 0.3) is 0 Å². The Labute approximate surface area is 128 Å². The summed E-state index contributed by atoms with van der Waals surface area (Å²) in [4.78, 5) is 0. The van der Waals surface area contributed by atoms with Gasteiger partial charge in [-0.25, -0.2) is 9.07 Å². The Bertz CT molecular complexity index is 774. The van der Waals surface area contributed by atoms with Gasteiger partial charge in [-0.05, 0) is 37.1 Å².